The van der Waals surface area contributed by atoms with E-state index in [4.69, 9.17) is 4.74 Å². The molecule has 104 valence electrons. The molecule has 1 saturated heterocycles. The number of amides is 1. The topological polar surface area (TPSA) is 50.4 Å². The Hall–Kier alpha value is -0.610. The monoisotopic (exact) mass is 254 g/mol. The fourth-order valence-electron chi connectivity index (χ4n) is 3.04. The summed E-state index contributed by atoms with van der Waals surface area (Å²) >= 11 is 0. The molecule has 2 N–H and O–H groups in total. The van der Waals surface area contributed by atoms with Crippen molar-refractivity contribution in [2.24, 2.45) is 11.8 Å². The van der Waals surface area contributed by atoms with Crippen molar-refractivity contribution in [1.82, 2.24) is 10.6 Å². The fourth-order valence-corrected chi connectivity index (χ4v) is 3.04. The van der Waals surface area contributed by atoms with Gasteiger partial charge in [0.1, 0.15) is 0 Å². The molecule has 1 aliphatic heterocycles. The van der Waals surface area contributed by atoms with Crippen LogP contribution in [0.2, 0.25) is 0 Å². The Morgan fingerprint density at radius 2 is 2.00 bits per heavy atom. The molecule has 2 aliphatic rings. The Labute approximate surface area is 110 Å². The van der Waals surface area contributed by atoms with Gasteiger partial charge in [0.2, 0.25) is 5.91 Å². The number of nitrogens with one attached hydrogen (secondary N) is 2. The van der Waals surface area contributed by atoms with Gasteiger partial charge < -0.3 is 15.4 Å². The van der Waals surface area contributed by atoms with Crippen molar-refractivity contribution in [1.29, 1.82) is 0 Å². The SMILES string of the molecule is CNC1COCC1C(=O)NC1CCCC(C)CC1. The second-order valence-corrected chi connectivity index (χ2v) is 5.86. The predicted octanol–water partition coefficient (Wildman–Crippen LogP) is 1.31. The highest BCUT2D eigenvalue weighted by Gasteiger charge is 2.33. The average Bonchev–Trinajstić information content (AvgIpc) is 2.75. The summed E-state index contributed by atoms with van der Waals surface area (Å²) in [6.45, 7) is 3.52. The summed E-state index contributed by atoms with van der Waals surface area (Å²) in [5, 5.41) is 6.39. The third-order valence-electron chi connectivity index (χ3n) is 4.39. The van der Waals surface area contributed by atoms with Crippen LogP contribution in [0.1, 0.15) is 39.0 Å². The summed E-state index contributed by atoms with van der Waals surface area (Å²) in [7, 11) is 1.90. The van der Waals surface area contributed by atoms with Crippen molar-refractivity contribution >= 4 is 5.91 Å². The maximum Gasteiger partial charge on any atom is 0.227 e. The zero-order valence-corrected chi connectivity index (χ0v) is 11.6. The summed E-state index contributed by atoms with van der Waals surface area (Å²) in [5.74, 6) is 0.967. The molecule has 1 heterocycles. The van der Waals surface area contributed by atoms with Gasteiger partial charge in [0.25, 0.3) is 0 Å². The van der Waals surface area contributed by atoms with E-state index in [2.05, 4.69) is 17.6 Å². The molecule has 2 fully saturated rings. The molecule has 0 spiro atoms. The molecule has 1 saturated carbocycles. The lowest BCUT2D eigenvalue weighted by Gasteiger charge is -2.21. The summed E-state index contributed by atoms with van der Waals surface area (Å²) < 4.78 is 5.39. The van der Waals surface area contributed by atoms with Gasteiger partial charge in [-0.25, -0.2) is 0 Å². The zero-order valence-electron chi connectivity index (χ0n) is 11.6. The van der Waals surface area contributed by atoms with Crippen LogP contribution >= 0.6 is 0 Å². The lowest BCUT2D eigenvalue weighted by molar-refractivity contribution is -0.126. The van der Waals surface area contributed by atoms with E-state index in [1.165, 1.54) is 19.3 Å². The van der Waals surface area contributed by atoms with E-state index in [0.29, 0.717) is 19.3 Å². The van der Waals surface area contributed by atoms with Crippen LogP contribution in [0.25, 0.3) is 0 Å². The van der Waals surface area contributed by atoms with Gasteiger partial charge in [0, 0.05) is 12.1 Å². The number of likely N-dealkylation sites (N-methyl/N-ethyl adjacent to an activating group) is 1. The smallest absolute Gasteiger partial charge is 0.227 e. The molecule has 1 amide bonds. The minimum absolute atomic E-state index is 0.0179. The largest absolute Gasteiger partial charge is 0.379 e. The minimum Gasteiger partial charge on any atom is -0.379 e. The molecule has 4 nitrogen and oxygen atoms in total. The first-order valence-electron chi connectivity index (χ1n) is 7.26. The van der Waals surface area contributed by atoms with Crippen molar-refractivity contribution < 1.29 is 9.53 Å². The molecular formula is C14H26N2O2. The van der Waals surface area contributed by atoms with E-state index in [1.54, 1.807) is 0 Å². The maximum atomic E-state index is 12.2. The third kappa shape index (κ3) is 3.45. The lowest BCUT2D eigenvalue weighted by Crippen LogP contribution is -2.45. The van der Waals surface area contributed by atoms with E-state index in [0.717, 1.165) is 18.8 Å². The summed E-state index contributed by atoms with van der Waals surface area (Å²) in [6.07, 6.45) is 6.04. The van der Waals surface area contributed by atoms with Crippen molar-refractivity contribution in [3.05, 3.63) is 0 Å². The molecule has 2 rings (SSSR count). The Morgan fingerprint density at radius 3 is 2.78 bits per heavy atom. The van der Waals surface area contributed by atoms with E-state index < -0.39 is 0 Å². The van der Waals surface area contributed by atoms with Gasteiger partial charge in [-0.3, -0.25) is 4.79 Å². The average molecular weight is 254 g/mol. The minimum atomic E-state index is -0.0179. The predicted molar refractivity (Wildman–Crippen MR) is 71.3 cm³/mol. The first-order chi connectivity index (χ1) is 8.70. The lowest BCUT2D eigenvalue weighted by atomic mass is 10.0. The van der Waals surface area contributed by atoms with Crippen LogP contribution < -0.4 is 10.6 Å². The third-order valence-corrected chi connectivity index (χ3v) is 4.39. The van der Waals surface area contributed by atoms with E-state index in [1.807, 2.05) is 7.05 Å². The molecule has 18 heavy (non-hydrogen) atoms. The normalized spacial score (nSPS) is 37.2. The highest BCUT2D eigenvalue weighted by Crippen LogP contribution is 2.23. The van der Waals surface area contributed by atoms with Crippen molar-refractivity contribution in [2.75, 3.05) is 20.3 Å². The van der Waals surface area contributed by atoms with Crippen LogP contribution in [0.15, 0.2) is 0 Å². The molecule has 4 unspecified atom stereocenters. The number of hydrogen-bond acceptors (Lipinski definition) is 3. The first-order valence-corrected chi connectivity index (χ1v) is 7.26. The number of hydrogen-bond donors (Lipinski definition) is 2. The van der Waals surface area contributed by atoms with Crippen LogP contribution in [0.4, 0.5) is 0 Å². The molecular weight excluding hydrogens is 228 g/mol. The number of carbonyl (C=O) groups excluding carboxylic acids is 1. The van der Waals surface area contributed by atoms with Gasteiger partial charge in [-0.15, -0.1) is 0 Å². The van der Waals surface area contributed by atoms with E-state index in [-0.39, 0.29) is 17.9 Å². The molecule has 0 radical (unpaired) electrons. The second-order valence-electron chi connectivity index (χ2n) is 5.86. The quantitative estimate of drug-likeness (QED) is 0.747. The van der Waals surface area contributed by atoms with Gasteiger partial charge in [-0.1, -0.05) is 19.8 Å². The summed E-state index contributed by atoms with van der Waals surface area (Å²) in [5.41, 5.74) is 0. The van der Waals surface area contributed by atoms with E-state index >= 15 is 0 Å². The Balaban J connectivity index is 1.83. The number of carbonyl (C=O) groups is 1. The van der Waals surface area contributed by atoms with Gasteiger partial charge in [-0.05, 0) is 32.2 Å². The molecule has 0 aromatic rings. The standard InChI is InChI=1S/C14H26N2O2/c1-10-4-3-5-11(7-6-10)16-14(17)12-8-18-9-13(12)15-2/h10-13,15H,3-9H2,1-2H3,(H,16,17). The van der Waals surface area contributed by atoms with Gasteiger partial charge >= 0.3 is 0 Å². The van der Waals surface area contributed by atoms with E-state index in [9.17, 15) is 4.79 Å². The van der Waals surface area contributed by atoms with Crippen LogP contribution in [-0.2, 0) is 9.53 Å². The Bertz CT molecular complexity index is 283. The molecule has 1 aliphatic carbocycles. The van der Waals surface area contributed by atoms with Crippen molar-refractivity contribution in [2.45, 2.75) is 51.1 Å². The summed E-state index contributed by atoms with van der Waals surface area (Å²) in [4.78, 5) is 12.2. The van der Waals surface area contributed by atoms with Crippen molar-refractivity contribution in [3.8, 4) is 0 Å². The van der Waals surface area contributed by atoms with Gasteiger partial charge in [-0.2, -0.15) is 0 Å². The zero-order chi connectivity index (χ0) is 13.0. The van der Waals surface area contributed by atoms with Gasteiger partial charge in [0.05, 0.1) is 19.1 Å². The first kappa shape index (κ1) is 13.8. The van der Waals surface area contributed by atoms with Crippen LogP contribution in [-0.4, -0.2) is 38.3 Å². The Kier molecular flexibility index (Phi) is 5.01. The highest BCUT2D eigenvalue weighted by atomic mass is 16.5. The molecule has 4 atom stereocenters. The molecule has 0 bridgehead atoms. The van der Waals surface area contributed by atoms with Crippen molar-refractivity contribution in [3.63, 3.8) is 0 Å². The molecule has 0 aromatic carbocycles. The highest BCUT2D eigenvalue weighted by molar-refractivity contribution is 5.80. The van der Waals surface area contributed by atoms with Gasteiger partial charge in [0.15, 0.2) is 0 Å². The number of rotatable bonds is 3. The second kappa shape index (κ2) is 6.53. The van der Waals surface area contributed by atoms with Crippen LogP contribution in [0.5, 0.6) is 0 Å². The molecule has 0 aromatic heterocycles. The van der Waals surface area contributed by atoms with Crippen LogP contribution in [0.3, 0.4) is 0 Å². The maximum absolute atomic E-state index is 12.2. The number of ether oxygens (including phenoxy) is 1. The Morgan fingerprint density at radius 1 is 1.17 bits per heavy atom. The fraction of sp³-hybridized carbons (Fsp3) is 0.929. The molecule has 4 heteroatoms. The van der Waals surface area contributed by atoms with Crippen LogP contribution in [0, 0.1) is 11.8 Å². The summed E-state index contributed by atoms with van der Waals surface area (Å²) in [6, 6.07) is 0.551.